The first kappa shape index (κ1) is 32.4. The number of nitrogens with zero attached hydrogens (tertiary/aromatic N) is 2. The van der Waals surface area contributed by atoms with Gasteiger partial charge in [-0.2, -0.15) is 0 Å². The summed E-state index contributed by atoms with van der Waals surface area (Å²) in [6.45, 7) is 0. The summed E-state index contributed by atoms with van der Waals surface area (Å²) in [5, 5.41) is 6.84. The van der Waals surface area contributed by atoms with E-state index in [0.717, 1.165) is 88.9 Å². The molecular weight excluding hydrogens is 709 g/mol. The SMILES string of the molecule is c1ccc(N(c2ccccc2-c2cccc3oc4ccccc4c23)c2ccc(-c3ccc(-n4c5ccccc5c5ccccc54)cc3)c3oc4ccccc4c23)cc1. The Hall–Kier alpha value is -7.82. The molecule has 9 aromatic carbocycles. The van der Waals surface area contributed by atoms with E-state index in [-0.39, 0.29) is 0 Å². The van der Waals surface area contributed by atoms with E-state index in [2.05, 4.69) is 198 Å². The lowest BCUT2D eigenvalue weighted by Crippen LogP contribution is -2.11. The highest BCUT2D eigenvalue weighted by molar-refractivity contribution is 6.19. The molecule has 0 aliphatic rings. The van der Waals surface area contributed by atoms with Gasteiger partial charge >= 0.3 is 0 Å². The summed E-state index contributed by atoms with van der Waals surface area (Å²) in [6, 6.07) is 73.0. The van der Waals surface area contributed by atoms with Crippen molar-refractivity contribution in [2.24, 2.45) is 0 Å². The minimum absolute atomic E-state index is 0.851. The summed E-state index contributed by atoms with van der Waals surface area (Å²) >= 11 is 0. The van der Waals surface area contributed by atoms with Gasteiger partial charge in [0, 0.05) is 49.4 Å². The van der Waals surface area contributed by atoms with E-state index in [9.17, 15) is 0 Å². The summed E-state index contributed by atoms with van der Waals surface area (Å²) in [5.74, 6) is 0. The van der Waals surface area contributed by atoms with Crippen LogP contribution in [0.3, 0.4) is 0 Å². The molecule has 0 bridgehead atoms. The highest BCUT2D eigenvalue weighted by Gasteiger charge is 2.25. The average molecular weight is 743 g/mol. The van der Waals surface area contributed by atoms with Crippen molar-refractivity contribution in [3.63, 3.8) is 0 Å². The standard InChI is InChI=1S/C54H34N2O2/c1-2-15-36(16-3-1)56(47-25-11-6-19-41(47)42-22-14-28-51-52(42)43-20-7-12-26-49(43)57-51)48-34-33-38(54-53(48)44-21-8-13-27-50(44)58-54)35-29-31-37(32-30-35)55-45-23-9-4-17-39(45)40-18-5-10-24-46(40)55/h1-34H. The molecule has 0 aliphatic carbocycles. The van der Waals surface area contributed by atoms with Crippen LogP contribution in [0.25, 0.3) is 93.6 Å². The van der Waals surface area contributed by atoms with Gasteiger partial charge in [-0.3, -0.25) is 0 Å². The molecule has 0 aliphatic heterocycles. The number of fused-ring (bicyclic) bond motifs is 9. The van der Waals surface area contributed by atoms with Crippen LogP contribution in [0, 0.1) is 0 Å². The maximum Gasteiger partial charge on any atom is 0.145 e. The fraction of sp³-hybridized carbons (Fsp3) is 0. The van der Waals surface area contributed by atoms with Gasteiger partial charge in [0.05, 0.1) is 27.8 Å². The molecule has 0 saturated carbocycles. The Kier molecular flexibility index (Phi) is 7.20. The molecule has 3 heterocycles. The van der Waals surface area contributed by atoms with Crippen LogP contribution in [-0.2, 0) is 0 Å². The minimum atomic E-state index is 0.851. The van der Waals surface area contributed by atoms with Crippen molar-refractivity contribution in [3.05, 3.63) is 206 Å². The lowest BCUT2D eigenvalue weighted by molar-refractivity contribution is 0.669. The van der Waals surface area contributed by atoms with Crippen molar-refractivity contribution in [2.75, 3.05) is 4.90 Å². The molecule has 58 heavy (non-hydrogen) atoms. The number of para-hydroxylation sites is 6. The third-order valence-corrected chi connectivity index (χ3v) is 11.6. The minimum Gasteiger partial charge on any atom is -0.456 e. The Morgan fingerprint density at radius 2 is 0.914 bits per heavy atom. The van der Waals surface area contributed by atoms with Crippen LogP contribution in [-0.4, -0.2) is 4.57 Å². The van der Waals surface area contributed by atoms with Gasteiger partial charge in [0.2, 0.25) is 0 Å². The molecule has 12 aromatic rings. The van der Waals surface area contributed by atoms with E-state index in [1.807, 2.05) is 18.2 Å². The zero-order chi connectivity index (χ0) is 38.2. The molecule has 4 heteroatoms. The van der Waals surface area contributed by atoms with Crippen molar-refractivity contribution in [3.8, 4) is 27.9 Å². The first-order valence-corrected chi connectivity index (χ1v) is 19.7. The molecule has 0 saturated heterocycles. The van der Waals surface area contributed by atoms with Gasteiger partial charge < -0.3 is 18.3 Å². The third-order valence-electron chi connectivity index (χ3n) is 11.6. The van der Waals surface area contributed by atoms with Crippen molar-refractivity contribution in [2.45, 2.75) is 0 Å². The lowest BCUT2D eigenvalue weighted by Gasteiger charge is -2.29. The van der Waals surface area contributed by atoms with Crippen LogP contribution in [0.5, 0.6) is 0 Å². The molecule has 0 N–H and O–H groups in total. The zero-order valence-corrected chi connectivity index (χ0v) is 31.3. The third kappa shape index (κ3) is 4.88. The predicted molar refractivity (Wildman–Crippen MR) is 241 cm³/mol. The number of anilines is 3. The van der Waals surface area contributed by atoms with Crippen LogP contribution >= 0.6 is 0 Å². The van der Waals surface area contributed by atoms with Crippen LogP contribution in [0.15, 0.2) is 215 Å². The number of benzene rings is 9. The molecule has 0 amide bonds. The topological polar surface area (TPSA) is 34.5 Å². The van der Waals surface area contributed by atoms with E-state index in [1.54, 1.807) is 0 Å². The molecule has 272 valence electrons. The average Bonchev–Trinajstić information content (AvgIpc) is 3.98. The van der Waals surface area contributed by atoms with Gasteiger partial charge in [-0.25, -0.2) is 0 Å². The van der Waals surface area contributed by atoms with Gasteiger partial charge in [-0.15, -0.1) is 0 Å². The summed E-state index contributed by atoms with van der Waals surface area (Å²) in [6.07, 6.45) is 0. The first-order valence-electron chi connectivity index (χ1n) is 19.7. The Morgan fingerprint density at radius 1 is 0.345 bits per heavy atom. The van der Waals surface area contributed by atoms with Gasteiger partial charge in [0.25, 0.3) is 0 Å². The smallest absolute Gasteiger partial charge is 0.145 e. The van der Waals surface area contributed by atoms with E-state index < -0.39 is 0 Å². The van der Waals surface area contributed by atoms with E-state index in [0.29, 0.717) is 0 Å². The Labute approximate surface area is 334 Å². The Morgan fingerprint density at radius 3 is 1.66 bits per heavy atom. The van der Waals surface area contributed by atoms with Gasteiger partial charge in [-0.1, -0.05) is 133 Å². The maximum atomic E-state index is 6.88. The molecule has 3 aromatic heterocycles. The van der Waals surface area contributed by atoms with Crippen molar-refractivity contribution >= 4 is 82.7 Å². The second-order valence-electron chi connectivity index (χ2n) is 14.8. The number of hydrogen-bond acceptors (Lipinski definition) is 3. The lowest BCUT2D eigenvalue weighted by atomic mass is 9.96. The van der Waals surface area contributed by atoms with Crippen molar-refractivity contribution < 1.29 is 8.83 Å². The van der Waals surface area contributed by atoms with Crippen LogP contribution in [0.2, 0.25) is 0 Å². The summed E-state index contributed by atoms with van der Waals surface area (Å²) < 4.78 is 15.6. The molecule has 4 nitrogen and oxygen atoms in total. The molecular formula is C54H34N2O2. The van der Waals surface area contributed by atoms with Gasteiger partial charge in [0.1, 0.15) is 22.3 Å². The number of aromatic nitrogens is 1. The van der Waals surface area contributed by atoms with Gasteiger partial charge in [-0.05, 0) is 83.9 Å². The largest absolute Gasteiger partial charge is 0.456 e. The molecule has 12 rings (SSSR count). The molecule has 0 spiro atoms. The monoisotopic (exact) mass is 742 g/mol. The quantitative estimate of drug-likeness (QED) is 0.170. The van der Waals surface area contributed by atoms with E-state index >= 15 is 0 Å². The highest BCUT2D eigenvalue weighted by atomic mass is 16.3. The van der Waals surface area contributed by atoms with Crippen molar-refractivity contribution in [1.29, 1.82) is 0 Å². The van der Waals surface area contributed by atoms with Gasteiger partial charge in [0.15, 0.2) is 0 Å². The first-order chi connectivity index (χ1) is 28.8. The molecule has 0 fully saturated rings. The fourth-order valence-corrected chi connectivity index (χ4v) is 9.10. The van der Waals surface area contributed by atoms with Crippen LogP contribution in [0.1, 0.15) is 0 Å². The Bertz CT molecular complexity index is 3460. The Balaban J connectivity index is 1.07. The summed E-state index contributed by atoms with van der Waals surface area (Å²) in [5.41, 5.74) is 14.5. The summed E-state index contributed by atoms with van der Waals surface area (Å²) in [4.78, 5) is 2.38. The number of hydrogen-bond donors (Lipinski definition) is 0. The normalized spacial score (nSPS) is 11.8. The predicted octanol–water partition coefficient (Wildman–Crippen LogP) is 15.4. The van der Waals surface area contributed by atoms with Crippen LogP contribution in [0.4, 0.5) is 17.1 Å². The maximum absolute atomic E-state index is 6.88. The van der Waals surface area contributed by atoms with Crippen LogP contribution < -0.4 is 4.90 Å². The van der Waals surface area contributed by atoms with E-state index in [4.69, 9.17) is 8.83 Å². The molecule has 0 atom stereocenters. The second kappa shape index (κ2) is 12.9. The number of furan rings is 2. The van der Waals surface area contributed by atoms with E-state index in [1.165, 1.54) is 21.8 Å². The zero-order valence-electron chi connectivity index (χ0n) is 31.3. The fourth-order valence-electron chi connectivity index (χ4n) is 9.10. The molecule has 0 unspecified atom stereocenters. The number of rotatable bonds is 6. The second-order valence-corrected chi connectivity index (χ2v) is 14.8. The molecule has 0 radical (unpaired) electrons. The van der Waals surface area contributed by atoms with Crippen molar-refractivity contribution in [1.82, 2.24) is 4.57 Å². The summed E-state index contributed by atoms with van der Waals surface area (Å²) in [7, 11) is 0. The highest BCUT2D eigenvalue weighted by Crippen LogP contribution is 2.49.